The average Bonchev–Trinajstić information content (AvgIpc) is 2.35. The molecule has 0 aromatic heterocycles. The van der Waals surface area contributed by atoms with E-state index in [2.05, 4.69) is 26.6 Å². The van der Waals surface area contributed by atoms with Crippen LogP contribution in [0.25, 0.3) is 0 Å². The Labute approximate surface area is 122 Å². The van der Waals surface area contributed by atoms with Crippen molar-refractivity contribution in [3.05, 3.63) is 27.7 Å². The van der Waals surface area contributed by atoms with Gasteiger partial charge in [0, 0.05) is 23.3 Å². The van der Waals surface area contributed by atoms with Crippen LogP contribution in [0.2, 0.25) is 0 Å². The van der Waals surface area contributed by atoms with Crippen molar-refractivity contribution >= 4 is 27.6 Å². The van der Waals surface area contributed by atoms with Gasteiger partial charge in [-0.2, -0.15) is 0 Å². The molecule has 1 aromatic rings. The van der Waals surface area contributed by atoms with Crippen molar-refractivity contribution in [3.8, 4) is 0 Å². The number of urea groups is 1. The minimum absolute atomic E-state index is 0.190. The normalized spacial score (nSPS) is 10.3. The lowest BCUT2D eigenvalue weighted by Crippen LogP contribution is -2.29. The molecule has 0 spiro atoms. The molecule has 0 aliphatic rings. The van der Waals surface area contributed by atoms with Crippen LogP contribution in [0.15, 0.2) is 16.6 Å². The lowest BCUT2D eigenvalue weighted by atomic mass is 10.1. The maximum absolute atomic E-state index is 11.7. The molecule has 0 heterocycles. The van der Waals surface area contributed by atoms with Crippen molar-refractivity contribution in [1.29, 1.82) is 0 Å². The summed E-state index contributed by atoms with van der Waals surface area (Å²) >= 11 is 3.50. The number of halogens is 1. The van der Waals surface area contributed by atoms with Gasteiger partial charge in [-0.05, 0) is 56.4 Å². The van der Waals surface area contributed by atoms with Gasteiger partial charge in [-0.15, -0.1) is 0 Å². The molecule has 5 heteroatoms. The summed E-state index contributed by atoms with van der Waals surface area (Å²) in [5.74, 6) is 0. The number of anilines is 1. The fraction of sp³-hybridized carbons (Fsp3) is 0.500. The van der Waals surface area contributed by atoms with E-state index in [-0.39, 0.29) is 12.6 Å². The van der Waals surface area contributed by atoms with E-state index in [0.717, 1.165) is 40.5 Å². The van der Waals surface area contributed by atoms with Gasteiger partial charge in [0.1, 0.15) is 0 Å². The second kappa shape index (κ2) is 8.17. The first-order valence-electron chi connectivity index (χ1n) is 6.47. The van der Waals surface area contributed by atoms with E-state index in [0.29, 0.717) is 6.54 Å². The Morgan fingerprint density at radius 3 is 2.42 bits per heavy atom. The number of aryl methyl sites for hydroxylation is 2. The zero-order chi connectivity index (χ0) is 14.3. The first-order valence-corrected chi connectivity index (χ1v) is 7.26. The maximum Gasteiger partial charge on any atom is 0.319 e. The van der Waals surface area contributed by atoms with Crippen LogP contribution in [0.4, 0.5) is 10.5 Å². The third kappa shape index (κ3) is 5.61. The number of hydrogen-bond donors (Lipinski definition) is 3. The number of nitrogens with one attached hydrogen (secondary N) is 2. The molecule has 19 heavy (non-hydrogen) atoms. The van der Waals surface area contributed by atoms with E-state index in [1.165, 1.54) is 0 Å². The van der Waals surface area contributed by atoms with Crippen molar-refractivity contribution in [2.24, 2.45) is 0 Å². The largest absolute Gasteiger partial charge is 0.396 e. The Bertz CT molecular complexity index is 412. The summed E-state index contributed by atoms with van der Waals surface area (Å²) in [7, 11) is 0. The molecule has 4 nitrogen and oxygen atoms in total. The molecule has 0 radical (unpaired) electrons. The van der Waals surface area contributed by atoms with E-state index >= 15 is 0 Å². The van der Waals surface area contributed by atoms with E-state index in [1.807, 2.05) is 26.0 Å². The van der Waals surface area contributed by atoms with Crippen LogP contribution in [-0.2, 0) is 0 Å². The highest BCUT2D eigenvalue weighted by Crippen LogP contribution is 2.24. The Morgan fingerprint density at radius 2 is 1.84 bits per heavy atom. The van der Waals surface area contributed by atoms with Crippen LogP contribution >= 0.6 is 15.9 Å². The molecular weight excluding hydrogens is 308 g/mol. The molecule has 0 atom stereocenters. The number of aliphatic hydroxyl groups excluding tert-OH is 1. The highest BCUT2D eigenvalue weighted by atomic mass is 79.9. The number of amides is 2. The van der Waals surface area contributed by atoms with E-state index in [9.17, 15) is 4.79 Å². The summed E-state index contributed by atoms with van der Waals surface area (Å²) in [6.45, 7) is 4.83. The lowest BCUT2D eigenvalue weighted by Gasteiger charge is -2.10. The summed E-state index contributed by atoms with van der Waals surface area (Å²) in [6, 6.07) is 3.68. The summed E-state index contributed by atoms with van der Waals surface area (Å²) in [5, 5.41) is 14.3. The SMILES string of the molecule is Cc1cc(NC(=O)NCCCCCO)cc(C)c1Br. The zero-order valence-corrected chi connectivity index (χ0v) is 13.0. The quantitative estimate of drug-likeness (QED) is 0.701. The van der Waals surface area contributed by atoms with Gasteiger partial charge in [0.25, 0.3) is 0 Å². The Morgan fingerprint density at radius 1 is 1.21 bits per heavy atom. The number of aliphatic hydroxyl groups is 1. The third-order valence-corrected chi connectivity index (χ3v) is 4.07. The van der Waals surface area contributed by atoms with Crippen LogP contribution in [0.5, 0.6) is 0 Å². The standard InChI is InChI=1S/C14H21BrN2O2/c1-10-8-12(9-11(2)13(10)15)17-14(19)16-6-4-3-5-7-18/h8-9,18H,3-7H2,1-2H3,(H2,16,17,19). The topological polar surface area (TPSA) is 61.4 Å². The fourth-order valence-corrected chi connectivity index (χ4v) is 2.04. The van der Waals surface area contributed by atoms with Gasteiger partial charge in [0.15, 0.2) is 0 Å². The Balaban J connectivity index is 2.40. The molecule has 106 valence electrons. The van der Waals surface area contributed by atoms with Crippen LogP contribution in [0.3, 0.4) is 0 Å². The van der Waals surface area contributed by atoms with Gasteiger partial charge < -0.3 is 15.7 Å². The summed E-state index contributed by atoms with van der Waals surface area (Å²) in [4.78, 5) is 11.7. The van der Waals surface area contributed by atoms with Gasteiger partial charge >= 0.3 is 6.03 Å². The molecule has 3 N–H and O–H groups in total. The minimum Gasteiger partial charge on any atom is -0.396 e. The minimum atomic E-state index is -0.190. The van der Waals surface area contributed by atoms with E-state index < -0.39 is 0 Å². The zero-order valence-electron chi connectivity index (χ0n) is 11.4. The number of hydrogen-bond acceptors (Lipinski definition) is 2. The van der Waals surface area contributed by atoms with Gasteiger partial charge in [0.05, 0.1) is 0 Å². The average molecular weight is 329 g/mol. The van der Waals surface area contributed by atoms with Crippen LogP contribution < -0.4 is 10.6 Å². The second-order valence-corrected chi connectivity index (χ2v) is 5.38. The second-order valence-electron chi connectivity index (χ2n) is 4.59. The number of rotatable bonds is 6. The maximum atomic E-state index is 11.7. The first-order chi connectivity index (χ1) is 9.04. The van der Waals surface area contributed by atoms with Gasteiger partial charge in [-0.1, -0.05) is 15.9 Å². The van der Waals surface area contributed by atoms with E-state index in [1.54, 1.807) is 0 Å². The van der Waals surface area contributed by atoms with Crippen LogP contribution in [0.1, 0.15) is 30.4 Å². The van der Waals surface area contributed by atoms with Crippen LogP contribution in [-0.4, -0.2) is 24.3 Å². The molecule has 0 aliphatic heterocycles. The van der Waals surface area contributed by atoms with Gasteiger partial charge in [0.2, 0.25) is 0 Å². The summed E-state index contributed by atoms with van der Waals surface area (Å²) in [5.41, 5.74) is 2.99. The molecule has 0 aliphatic carbocycles. The summed E-state index contributed by atoms with van der Waals surface area (Å²) < 4.78 is 1.07. The Kier molecular flexibility index (Phi) is 6.87. The number of unbranched alkanes of at least 4 members (excludes halogenated alkanes) is 2. The Hall–Kier alpha value is -1.07. The molecule has 2 amide bonds. The molecule has 0 fully saturated rings. The summed E-state index contributed by atoms with van der Waals surface area (Å²) in [6.07, 6.45) is 2.59. The molecule has 0 unspecified atom stereocenters. The molecule has 0 bridgehead atoms. The molecule has 0 saturated carbocycles. The molecule has 1 aromatic carbocycles. The number of benzene rings is 1. The highest BCUT2D eigenvalue weighted by Gasteiger charge is 2.05. The number of carbonyl (C=O) groups is 1. The fourth-order valence-electron chi connectivity index (χ4n) is 1.81. The van der Waals surface area contributed by atoms with Gasteiger partial charge in [-0.25, -0.2) is 4.79 Å². The van der Waals surface area contributed by atoms with E-state index in [4.69, 9.17) is 5.11 Å². The lowest BCUT2D eigenvalue weighted by molar-refractivity contribution is 0.251. The van der Waals surface area contributed by atoms with Crippen molar-refractivity contribution in [1.82, 2.24) is 5.32 Å². The van der Waals surface area contributed by atoms with Crippen molar-refractivity contribution in [2.75, 3.05) is 18.5 Å². The van der Waals surface area contributed by atoms with Crippen molar-refractivity contribution < 1.29 is 9.90 Å². The predicted octanol–water partition coefficient (Wildman–Crippen LogP) is 3.35. The molecule has 1 rings (SSSR count). The first kappa shape index (κ1) is 16.0. The van der Waals surface area contributed by atoms with Crippen molar-refractivity contribution in [3.63, 3.8) is 0 Å². The van der Waals surface area contributed by atoms with Crippen molar-refractivity contribution in [2.45, 2.75) is 33.1 Å². The smallest absolute Gasteiger partial charge is 0.319 e. The van der Waals surface area contributed by atoms with Crippen LogP contribution in [0, 0.1) is 13.8 Å². The number of carbonyl (C=O) groups excluding carboxylic acids is 1. The third-order valence-electron chi connectivity index (χ3n) is 2.81. The highest BCUT2D eigenvalue weighted by molar-refractivity contribution is 9.10. The molecular formula is C14H21BrN2O2. The monoisotopic (exact) mass is 328 g/mol. The molecule has 0 saturated heterocycles. The predicted molar refractivity (Wildman–Crippen MR) is 81.6 cm³/mol. The van der Waals surface area contributed by atoms with Gasteiger partial charge in [-0.3, -0.25) is 0 Å².